The van der Waals surface area contributed by atoms with Gasteiger partial charge in [0.25, 0.3) is 0 Å². The first-order valence-corrected chi connectivity index (χ1v) is 11.3. The molecular weight excluding hydrogens is 442 g/mol. The summed E-state index contributed by atoms with van der Waals surface area (Å²) in [5.74, 6) is -0.229. The minimum atomic E-state index is -3.52. The van der Waals surface area contributed by atoms with Crippen molar-refractivity contribution in [2.75, 3.05) is 14.2 Å². The van der Waals surface area contributed by atoms with Crippen LogP contribution in [-0.4, -0.2) is 46.0 Å². The van der Waals surface area contributed by atoms with Crippen molar-refractivity contribution in [2.24, 2.45) is 0 Å². The summed E-state index contributed by atoms with van der Waals surface area (Å²) in [6.45, 7) is -2.74. The number of likely N-dealkylation sites (N-methyl/N-ethyl adjacent to an activating group) is 1. The molecule has 0 saturated heterocycles. The topological polar surface area (TPSA) is 84.9 Å². The summed E-state index contributed by atoms with van der Waals surface area (Å²) in [6, 6.07) is 10.7. The molecule has 0 unspecified atom stereocenters. The number of nitrogens with one attached hydrogen (secondary N) is 1. The molecule has 32 heavy (non-hydrogen) atoms. The molecule has 1 aliphatic rings. The van der Waals surface area contributed by atoms with Crippen molar-refractivity contribution in [3.63, 3.8) is 0 Å². The minimum absolute atomic E-state index is 0.0285. The minimum Gasteiger partial charge on any atom is -0.493 e. The van der Waals surface area contributed by atoms with E-state index in [1.54, 1.807) is 31.3 Å². The molecule has 0 heterocycles. The first kappa shape index (κ1) is 23.7. The number of carbonyl (C=O) groups excluding carboxylic acids is 1. The first-order valence-electron chi connectivity index (χ1n) is 9.85. The van der Waals surface area contributed by atoms with E-state index in [1.807, 2.05) is 0 Å². The van der Waals surface area contributed by atoms with Crippen LogP contribution in [0.2, 0.25) is 0 Å². The Morgan fingerprint density at radius 3 is 2.47 bits per heavy atom. The van der Waals surface area contributed by atoms with Gasteiger partial charge in [-0.15, -0.1) is 0 Å². The van der Waals surface area contributed by atoms with Crippen molar-refractivity contribution in [1.82, 2.24) is 9.62 Å². The Hall–Kier alpha value is -2.98. The smallest absolute Gasteiger partial charge is 0.387 e. The molecule has 0 spiro atoms. The molecular formula is C22H24F2N2O5S. The highest BCUT2D eigenvalue weighted by molar-refractivity contribution is 7.89. The Labute approximate surface area is 185 Å². The van der Waals surface area contributed by atoms with E-state index in [0.29, 0.717) is 11.1 Å². The number of carbonyl (C=O) groups is 1. The first-order chi connectivity index (χ1) is 15.2. The second-order valence-corrected chi connectivity index (χ2v) is 9.07. The zero-order chi connectivity index (χ0) is 23.3. The van der Waals surface area contributed by atoms with Crippen molar-refractivity contribution in [3.05, 3.63) is 59.7 Å². The van der Waals surface area contributed by atoms with Crippen LogP contribution in [-0.2, 0) is 21.4 Å². The largest absolute Gasteiger partial charge is 0.493 e. The van der Waals surface area contributed by atoms with Gasteiger partial charge in [0, 0.05) is 25.7 Å². The lowest BCUT2D eigenvalue weighted by molar-refractivity contribution is -0.125. The number of hydrogen-bond acceptors (Lipinski definition) is 5. The Morgan fingerprint density at radius 2 is 1.88 bits per heavy atom. The van der Waals surface area contributed by atoms with Crippen LogP contribution in [0.3, 0.4) is 0 Å². The molecule has 10 heteroatoms. The van der Waals surface area contributed by atoms with Gasteiger partial charge < -0.3 is 14.4 Å². The molecule has 1 saturated carbocycles. The molecule has 1 fully saturated rings. The zero-order valence-electron chi connectivity index (χ0n) is 17.6. The van der Waals surface area contributed by atoms with E-state index in [-0.39, 0.29) is 34.9 Å². The SMILES string of the molecule is COc1cc(CN(C)C(=O)/C=C/c2ccc(S(=O)(=O)NC3CC3)cc2)ccc1OC(F)F. The van der Waals surface area contributed by atoms with Gasteiger partial charge in [0.1, 0.15) is 0 Å². The molecule has 172 valence electrons. The maximum absolute atomic E-state index is 12.4. The monoisotopic (exact) mass is 466 g/mol. The van der Waals surface area contributed by atoms with Gasteiger partial charge in [0.15, 0.2) is 11.5 Å². The number of sulfonamides is 1. The maximum atomic E-state index is 12.4. The summed E-state index contributed by atoms with van der Waals surface area (Å²) >= 11 is 0. The summed E-state index contributed by atoms with van der Waals surface area (Å²) in [7, 11) is -0.579. The standard InChI is InChI=1S/C22H24F2N2O5S/c1-26(14-16-5-11-19(31-22(23)24)20(13-16)30-2)21(27)12-6-15-3-9-18(10-4-15)32(28,29)25-17-7-8-17/h3-6,9-13,17,22,25H,7-8,14H2,1-2H3/b12-6+. The van der Waals surface area contributed by atoms with Crippen LogP contribution < -0.4 is 14.2 Å². The Morgan fingerprint density at radius 1 is 1.19 bits per heavy atom. The normalized spacial score (nSPS) is 14.0. The lowest BCUT2D eigenvalue weighted by Crippen LogP contribution is -2.25. The lowest BCUT2D eigenvalue weighted by Gasteiger charge is -2.17. The van der Waals surface area contributed by atoms with Crippen LogP contribution in [0.15, 0.2) is 53.4 Å². The number of halogens is 2. The van der Waals surface area contributed by atoms with Crippen molar-refractivity contribution < 1.29 is 31.5 Å². The molecule has 3 rings (SSSR count). The average Bonchev–Trinajstić information content (AvgIpc) is 3.56. The lowest BCUT2D eigenvalue weighted by atomic mass is 10.2. The van der Waals surface area contributed by atoms with Gasteiger partial charge in [-0.1, -0.05) is 18.2 Å². The van der Waals surface area contributed by atoms with Crippen LogP contribution >= 0.6 is 0 Å². The quantitative estimate of drug-likeness (QED) is 0.543. The number of ether oxygens (including phenoxy) is 2. The molecule has 0 bridgehead atoms. The van der Waals surface area contributed by atoms with Gasteiger partial charge in [-0.05, 0) is 54.3 Å². The van der Waals surface area contributed by atoms with Gasteiger partial charge in [-0.25, -0.2) is 13.1 Å². The fourth-order valence-electron chi connectivity index (χ4n) is 2.90. The summed E-state index contributed by atoms with van der Waals surface area (Å²) in [5, 5.41) is 0. The molecule has 0 atom stereocenters. The van der Waals surface area contributed by atoms with Crippen molar-refractivity contribution >= 4 is 22.0 Å². The Kier molecular flexibility index (Phi) is 7.47. The maximum Gasteiger partial charge on any atom is 0.387 e. The second kappa shape index (κ2) is 10.1. The zero-order valence-corrected chi connectivity index (χ0v) is 18.4. The molecule has 7 nitrogen and oxygen atoms in total. The third kappa shape index (κ3) is 6.51. The van der Waals surface area contributed by atoms with Gasteiger partial charge in [0.2, 0.25) is 15.9 Å². The van der Waals surface area contributed by atoms with Crippen molar-refractivity contribution in [3.8, 4) is 11.5 Å². The van der Waals surface area contributed by atoms with E-state index in [9.17, 15) is 22.0 Å². The number of amides is 1. The molecule has 1 amide bonds. The third-order valence-electron chi connectivity index (χ3n) is 4.75. The fraction of sp³-hybridized carbons (Fsp3) is 0.318. The Bertz CT molecular complexity index is 1080. The number of alkyl halides is 2. The van der Waals surface area contributed by atoms with Gasteiger partial charge in [0.05, 0.1) is 12.0 Å². The van der Waals surface area contributed by atoms with Crippen LogP contribution in [0.4, 0.5) is 8.78 Å². The highest BCUT2D eigenvalue weighted by Gasteiger charge is 2.27. The van der Waals surface area contributed by atoms with E-state index in [2.05, 4.69) is 9.46 Å². The summed E-state index contributed by atoms with van der Waals surface area (Å²) in [5.41, 5.74) is 1.35. The van der Waals surface area contributed by atoms with Gasteiger partial charge >= 0.3 is 6.61 Å². The van der Waals surface area contributed by atoms with Crippen LogP contribution in [0, 0.1) is 0 Å². The molecule has 1 aliphatic carbocycles. The molecule has 2 aromatic carbocycles. The summed E-state index contributed by atoms with van der Waals surface area (Å²) < 4.78 is 61.4. The van der Waals surface area contributed by atoms with Crippen LogP contribution in [0.25, 0.3) is 6.08 Å². The van der Waals surface area contributed by atoms with E-state index >= 15 is 0 Å². The van der Waals surface area contributed by atoms with Gasteiger partial charge in [-0.2, -0.15) is 8.78 Å². The van der Waals surface area contributed by atoms with E-state index in [0.717, 1.165) is 12.8 Å². The number of benzene rings is 2. The third-order valence-corrected chi connectivity index (χ3v) is 6.28. The molecule has 0 aromatic heterocycles. The number of hydrogen-bond donors (Lipinski definition) is 1. The molecule has 0 aliphatic heterocycles. The molecule has 1 N–H and O–H groups in total. The van der Waals surface area contributed by atoms with Crippen molar-refractivity contribution in [2.45, 2.75) is 36.9 Å². The number of nitrogens with zero attached hydrogens (tertiary/aromatic N) is 1. The number of rotatable bonds is 10. The van der Waals surface area contributed by atoms with Crippen LogP contribution in [0.5, 0.6) is 11.5 Å². The van der Waals surface area contributed by atoms with Crippen molar-refractivity contribution in [1.29, 1.82) is 0 Å². The second-order valence-electron chi connectivity index (χ2n) is 7.36. The molecule has 0 radical (unpaired) electrons. The summed E-state index contributed by atoms with van der Waals surface area (Å²) in [4.78, 5) is 14.0. The van der Waals surface area contributed by atoms with Gasteiger partial charge in [-0.3, -0.25) is 4.79 Å². The predicted molar refractivity (Wildman–Crippen MR) is 115 cm³/mol. The van der Waals surface area contributed by atoms with E-state index in [1.165, 1.54) is 42.4 Å². The fourth-order valence-corrected chi connectivity index (χ4v) is 4.20. The van der Waals surface area contributed by atoms with E-state index in [4.69, 9.17) is 4.74 Å². The highest BCUT2D eigenvalue weighted by Crippen LogP contribution is 2.30. The highest BCUT2D eigenvalue weighted by atomic mass is 32.2. The number of methoxy groups -OCH3 is 1. The summed E-state index contributed by atoms with van der Waals surface area (Å²) in [6.07, 6.45) is 4.67. The molecule has 2 aromatic rings. The predicted octanol–water partition coefficient (Wildman–Crippen LogP) is 3.41. The Balaban J connectivity index is 1.60. The average molecular weight is 467 g/mol. The van der Waals surface area contributed by atoms with E-state index < -0.39 is 16.6 Å². The van der Waals surface area contributed by atoms with Crippen LogP contribution in [0.1, 0.15) is 24.0 Å².